The maximum absolute atomic E-state index is 11.8. The molecule has 2 aromatic carbocycles. The average Bonchev–Trinajstić information content (AvgIpc) is 2.64. The van der Waals surface area contributed by atoms with Gasteiger partial charge in [-0.05, 0) is 29.8 Å². The van der Waals surface area contributed by atoms with E-state index in [-0.39, 0.29) is 13.2 Å². The van der Waals surface area contributed by atoms with Crippen molar-refractivity contribution >= 4 is 11.8 Å². The van der Waals surface area contributed by atoms with Gasteiger partial charge in [-0.25, -0.2) is 0 Å². The highest BCUT2D eigenvalue weighted by molar-refractivity contribution is 5.95. The number of aliphatic hydroxyl groups is 1. The minimum Gasteiger partial charge on any atom is -0.493 e. The Morgan fingerprint density at radius 2 is 1.79 bits per heavy atom. The summed E-state index contributed by atoms with van der Waals surface area (Å²) in [6, 6.07) is 13.4. The van der Waals surface area contributed by atoms with Crippen molar-refractivity contribution in [2.24, 2.45) is 0 Å². The largest absolute Gasteiger partial charge is 0.493 e. The van der Waals surface area contributed by atoms with E-state index >= 15 is 0 Å². The molecular formula is C17H18N2O5. The molecule has 7 nitrogen and oxygen atoms in total. The first-order chi connectivity index (χ1) is 11.6. The molecule has 0 unspecified atom stereocenters. The summed E-state index contributed by atoms with van der Waals surface area (Å²) in [7, 11) is 1.46. The summed E-state index contributed by atoms with van der Waals surface area (Å²) in [6.45, 7) is -0.424. The molecule has 3 N–H and O–H groups in total. The molecule has 0 radical (unpaired) electrons. The van der Waals surface area contributed by atoms with E-state index < -0.39 is 11.8 Å². The molecule has 24 heavy (non-hydrogen) atoms. The minimum absolute atomic E-state index is 0.122. The van der Waals surface area contributed by atoms with Gasteiger partial charge in [0.1, 0.15) is 0 Å². The number of hydrogen-bond donors (Lipinski definition) is 3. The number of carbonyl (C=O) groups excluding carboxylic acids is 2. The van der Waals surface area contributed by atoms with E-state index in [1.165, 1.54) is 7.11 Å². The third kappa shape index (κ3) is 4.72. The molecule has 7 heteroatoms. The summed E-state index contributed by atoms with van der Waals surface area (Å²) < 4.78 is 10.5. The van der Waals surface area contributed by atoms with Crippen molar-refractivity contribution in [2.75, 3.05) is 13.7 Å². The molecule has 2 rings (SSSR count). The molecule has 0 aliphatic heterocycles. The van der Waals surface area contributed by atoms with Crippen LogP contribution in [-0.4, -0.2) is 30.6 Å². The van der Waals surface area contributed by atoms with Crippen molar-refractivity contribution in [3.63, 3.8) is 0 Å². The van der Waals surface area contributed by atoms with Crippen molar-refractivity contribution < 1.29 is 24.2 Å². The quantitative estimate of drug-likeness (QED) is 0.687. The van der Waals surface area contributed by atoms with Crippen LogP contribution in [0.2, 0.25) is 0 Å². The van der Waals surface area contributed by atoms with E-state index in [0.717, 1.165) is 0 Å². The van der Waals surface area contributed by atoms with E-state index in [1.54, 1.807) is 48.5 Å². The minimum atomic E-state index is -0.521. The topological polar surface area (TPSA) is 96.9 Å². The van der Waals surface area contributed by atoms with Crippen molar-refractivity contribution in [3.05, 3.63) is 59.7 Å². The molecule has 0 spiro atoms. The number of carbonyl (C=O) groups is 2. The Morgan fingerprint density at radius 3 is 2.46 bits per heavy atom. The van der Waals surface area contributed by atoms with Gasteiger partial charge in [0, 0.05) is 5.56 Å². The highest BCUT2D eigenvalue weighted by Crippen LogP contribution is 2.27. The third-order valence-electron chi connectivity index (χ3n) is 3.12. The average molecular weight is 330 g/mol. The number of hydrogen-bond acceptors (Lipinski definition) is 5. The van der Waals surface area contributed by atoms with Gasteiger partial charge in [-0.3, -0.25) is 20.4 Å². The number of rotatable bonds is 6. The lowest BCUT2D eigenvalue weighted by molar-refractivity contribution is -0.123. The SMILES string of the molecule is COc1cc(CO)ccc1OCC(=O)NNC(=O)c1ccccc1. The first kappa shape index (κ1) is 17.3. The van der Waals surface area contributed by atoms with Crippen molar-refractivity contribution in [1.82, 2.24) is 10.9 Å². The first-order valence-corrected chi connectivity index (χ1v) is 7.19. The second-order valence-corrected chi connectivity index (χ2v) is 4.80. The maximum atomic E-state index is 11.8. The van der Waals surface area contributed by atoms with Crippen LogP contribution in [0, 0.1) is 0 Å². The zero-order valence-corrected chi connectivity index (χ0v) is 13.1. The number of nitrogens with one attached hydrogen (secondary N) is 2. The molecule has 0 fully saturated rings. The van der Waals surface area contributed by atoms with E-state index in [9.17, 15) is 9.59 Å². The first-order valence-electron chi connectivity index (χ1n) is 7.19. The summed E-state index contributed by atoms with van der Waals surface area (Å²) in [5, 5.41) is 9.08. The van der Waals surface area contributed by atoms with Gasteiger partial charge in [0.15, 0.2) is 18.1 Å². The molecule has 0 atom stereocenters. The van der Waals surface area contributed by atoms with Gasteiger partial charge in [0.25, 0.3) is 11.8 Å². The Hall–Kier alpha value is -3.06. The van der Waals surface area contributed by atoms with Crippen LogP contribution in [0.3, 0.4) is 0 Å². The van der Waals surface area contributed by atoms with Gasteiger partial charge < -0.3 is 14.6 Å². The molecular weight excluding hydrogens is 312 g/mol. The van der Waals surface area contributed by atoms with Crippen LogP contribution >= 0.6 is 0 Å². The molecule has 2 aromatic rings. The fraction of sp³-hybridized carbons (Fsp3) is 0.176. The van der Waals surface area contributed by atoms with Gasteiger partial charge in [0.2, 0.25) is 0 Å². The van der Waals surface area contributed by atoms with Gasteiger partial charge in [0.05, 0.1) is 13.7 Å². The van der Waals surface area contributed by atoms with Gasteiger partial charge >= 0.3 is 0 Å². The lowest BCUT2D eigenvalue weighted by Gasteiger charge is -2.12. The number of amides is 2. The van der Waals surface area contributed by atoms with Crippen LogP contribution < -0.4 is 20.3 Å². The van der Waals surface area contributed by atoms with Crippen LogP contribution in [-0.2, 0) is 11.4 Å². The Bertz CT molecular complexity index is 703. The molecule has 126 valence electrons. The Kier molecular flexibility index (Phi) is 6.16. The van der Waals surface area contributed by atoms with Crippen molar-refractivity contribution in [1.29, 1.82) is 0 Å². The molecule has 0 aliphatic rings. The number of methoxy groups -OCH3 is 1. The summed E-state index contributed by atoms with van der Waals surface area (Å²) in [5.41, 5.74) is 5.66. The lowest BCUT2D eigenvalue weighted by Crippen LogP contribution is -2.43. The second kappa shape index (κ2) is 8.54. The molecule has 2 amide bonds. The van der Waals surface area contributed by atoms with Gasteiger partial charge in [-0.2, -0.15) is 0 Å². The van der Waals surface area contributed by atoms with Gasteiger partial charge in [-0.15, -0.1) is 0 Å². The lowest BCUT2D eigenvalue weighted by atomic mass is 10.2. The second-order valence-electron chi connectivity index (χ2n) is 4.80. The highest BCUT2D eigenvalue weighted by Gasteiger charge is 2.10. The molecule has 0 aliphatic carbocycles. The van der Waals surface area contributed by atoms with Crippen LogP contribution in [0.5, 0.6) is 11.5 Å². The zero-order chi connectivity index (χ0) is 17.4. The summed E-state index contributed by atoms with van der Waals surface area (Å²) in [4.78, 5) is 23.5. The fourth-order valence-corrected chi connectivity index (χ4v) is 1.90. The van der Waals surface area contributed by atoms with Gasteiger partial charge in [-0.1, -0.05) is 24.3 Å². The normalized spacial score (nSPS) is 9.92. The molecule has 0 heterocycles. The van der Waals surface area contributed by atoms with Crippen molar-refractivity contribution in [3.8, 4) is 11.5 Å². The number of hydrazine groups is 1. The third-order valence-corrected chi connectivity index (χ3v) is 3.12. The molecule has 0 saturated carbocycles. The Morgan fingerprint density at radius 1 is 1.04 bits per heavy atom. The van der Waals surface area contributed by atoms with Crippen LogP contribution in [0.1, 0.15) is 15.9 Å². The van der Waals surface area contributed by atoms with E-state index in [4.69, 9.17) is 14.6 Å². The number of benzene rings is 2. The van der Waals surface area contributed by atoms with E-state index in [2.05, 4.69) is 10.9 Å². The highest BCUT2D eigenvalue weighted by atomic mass is 16.5. The molecule has 0 bridgehead atoms. The predicted molar refractivity (Wildman–Crippen MR) is 86.5 cm³/mol. The van der Waals surface area contributed by atoms with E-state index in [0.29, 0.717) is 22.6 Å². The Labute approximate surface area is 139 Å². The standard InChI is InChI=1S/C17H18N2O5/c1-23-15-9-12(10-20)7-8-14(15)24-11-16(21)18-19-17(22)13-5-3-2-4-6-13/h2-9,20H,10-11H2,1H3,(H,18,21)(H,19,22). The number of ether oxygens (including phenoxy) is 2. The summed E-state index contributed by atoms with van der Waals surface area (Å²) >= 11 is 0. The zero-order valence-electron chi connectivity index (χ0n) is 13.1. The van der Waals surface area contributed by atoms with E-state index in [1.807, 2.05) is 0 Å². The monoisotopic (exact) mass is 330 g/mol. The van der Waals surface area contributed by atoms with Crippen LogP contribution in [0.15, 0.2) is 48.5 Å². The molecule has 0 saturated heterocycles. The molecule has 0 aromatic heterocycles. The van der Waals surface area contributed by atoms with Crippen molar-refractivity contribution in [2.45, 2.75) is 6.61 Å². The summed E-state index contributed by atoms with van der Waals surface area (Å²) in [5.74, 6) is -0.177. The van der Waals surface area contributed by atoms with Crippen LogP contribution in [0.25, 0.3) is 0 Å². The smallest absolute Gasteiger partial charge is 0.276 e. The summed E-state index contributed by atoms with van der Waals surface area (Å²) in [6.07, 6.45) is 0. The predicted octanol–water partition coefficient (Wildman–Crippen LogP) is 1.03. The fourth-order valence-electron chi connectivity index (χ4n) is 1.90. The van der Waals surface area contributed by atoms with Crippen LogP contribution in [0.4, 0.5) is 0 Å². The number of aliphatic hydroxyl groups excluding tert-OH is 1. The maximum Gasteiger partial charge on any atom is 0.276 e. The Balaban J connectivity index is 1.84.